The molecule has 0 fully saturated rings. The number of hydrogen-bond donors (Lipinski definition) is 1. The van der Waals surface area contributed by atoms with Gasteiger partial charge in [0.25, 0.3) is 5.56 Å². The summed E-state index contributed by atoms with van der Waals surface area (Å²) in [4.78, 5) is 16.6. The molecule has 0 radical (unpaired) electrons. The summed E-state index contributed by atoms with van der Waals surface area (Å²) in [6.07, 6.45) is 2.94. The van der Waals surface area contributed by atoms with Gasteiger partial charge in [-0.25, -0.2) is 14.1 Å². The van der Waals surface area contributed by atoms with Crippen molar-refractivity contribution in [3.8, 4) is 0 Å². The van der Waals surface area contributed by atoms with Crippen molar-refractivity contribution in [1.82, 2.24) is 19.3 Å². The summed E-state index contributed by atoms with van der Waals surface area (Å²) in [5, 5.41) is 4.54. The molecule has 108 valence electrons. The average molecular weight is 287 g/mol. The highest BCUT2D eigenvalue weighted by atomic mass is 19.1. The standard InChI is InChI=1S/C14H14FN5O/c15-11-3-1-2-10(6-11)8-19-9-17-13-12(14(19)21)7-18-20(13)5-4-16/h1-3,6-7,9H,4-5,8,16H2. The SMILES string of the molecule is NCCn1ncc2c(=O)n(Cc3cccc(F)c3)cnc21. The summed E-state index contributed by atoms with van der Waals surface area (Å²) in [6.45, 7) is 1.19. The summed E-state index contributed by atoms with van der Waals surface area (Å²) < 4.78 is 16.2. The Kier molecular flexibility index (Phi) is 3.49. The van der Waals surface area contributed by atoms with Crippen molar-refractivity contribution >= 4 is 11.0 Å². The number of halogens is 1. The van der Waals surface area contributed by atoms with E-state index in [0.717, 1.165) is 0 Å². The number of benzene rings is 1. The van der Waals surface area contributed by atoms with Crippen molar-refractivity contribution in [1.29, 1.82) is 0 Å². The largest absolute Gasteiger partial charge is 0.329 e. The van der Waals surface area contributed by atoms with Crippen LogP contribution in [-0.4, -0.2) is 25.9 Å². The van der Waals surface area contributed by atoms with Gasteiger partial charge >= 0.3 is 0 Å². The van der Waals surface area contributed by atoms with Gasteiger partial charge in [0.2, 0.25) is 0 Å². The molecule has 0 unspecified atom stereocenters. The van der Waals surface area contributed by atoms with E-state index in [1.807, 2.05) is 0 Å². The molecule has 0 atom stereocenters. The van der Waals surface area contributed by atoms with Gasteiger partial charge in [-0.05, 0) is 17.7 Å². The van der Waals surface area contributed by atoms with Gasteiger partial charge in [0.15, 0.2) is 5.65 Å². The van der Waals surface area contributed by atoms with Gasteiger partial charge in [-0.1, -0.05) is 12.1 Å². The zero-order valence-electron chi connectivity index (χ0n) is 11.2. The van der Waals surface area contributed by atoms with Crippen LogP contribution in [0.15, 0.2) is 41.6 Å². The highest BCUT2D eigenvalue weighted by molar-refractivity contribution is 5.72. The van der Waals surface area contributed by atoms with Gasteiger partial charge < -0.3 is 5.73 Å². The molecule has 0 aliphatic heterocycles. The van der Waals surface area contributed by atoms with Gasteiger partial charge in [-0.3, -0.25) is 9.36 Å². The van der Waals surface area contributed by atoms with Crippen LogP contribution >= 0.6 is 0 Å². The molecule has 2 aromatic heterocycles. The van der Waals surface area contributed by atoms with Gasteiger partial charge in [0.05, 0.1) is 19.3 Å². The first-order valence-electron chi connectivity index (χ1n) is 6.54. The van der Waals surface area contributed by atoms with Crippen molar-refractivity contribution in [3.05, 3.63) is 58.5 Å². The van der Waals surface area contributed by atoms with Gasteiger partial charge in [0.1, 0.15) is 17.5 Å². The molecule has 0 saturated carbocycles. The Bertz CT molecular complexity index is 839. The lowest BCUT2D eigenvalue weighted by molar-refractivity contribution is 0.622. The van der Waals surface area contributed by atoms with Gasteiger partial charge in [-0.15, -0.1) is 0 Å². The Morgan fingerprint density at radius 1 is 1.33 bits per heavy atom. The normalized spacial score (nSPS) is 11.1. The molecule has 6 nitrogen and oxygen atoms in total. The minimum Gasteiger partial charge on any atom is -0.329 e. The van der Waals surface area contributed by atoms with Crippen LogP contribution in [0, 0.1) is 5.82 Å². The maximum atomic E-state index is 13.2. The third kappa shape index (κ3) is 2.55. The highest BCUT2D eigenvalue weighted by Gasteiger charge is 2.10. The lowest BCUT2D eigenvalue weighted by Gasteiger charge is -2.06. The van der Waals surface area contributed by atoms with E-state index in [-0.39, 0.29) is 17.9 Å². The maximum absolute atomic E-state index is 13.2. The lowest BCUT2D eigenvalue weighted by Crippen LogP contribution is -2.21. The molecule has 2 N–H and O–H groups in total. The van der Waals surface area contributed by atoms with Crippen LogP contribution in [0.5, 0.6) is 0 Å². The van der Waals surface area contributed by atoms with Crippen molar-refractivity contribution in [2.24, 2.45) is 5.73 Å². The van der Waals surface area contributed by atoms with Gasteiger partial charge in [0, 0.05) is 6.54 Å². The fraction of sp³-hybridized carbons (Fsp3) is 0.214. The molecule has 21 heavy (non-hydrogen) atoms. The predicted molar refractivity (Wildman–Crippen MR) is 76.3 cm³/mol. The molecule has 3 rings (SSSR count). The van der Waals surface area contributed by atoms with Crippen LogP contribution in [0.25, 0.3) is 11.0 Å². The molecule has 7 heteroatoms. The summed E-state index contributed by atoms with van der Waals surface area (Å²) in [6, 6.07) is 6.14. The molecule has 2 heterocycles. The third-order valence-electron chi connectivity index (χ3n) is 3.21. The lowest BCUT2D eigenvalue weighted by atomic mass is 10.2. The van der Waals surface area contributed by atoms with E-state index in [9.17, 15) is 9.18 Å². The monoisotopic (exact) mass is 287 g/mol. The van der Waals surface area contributed by atoms with Crippen LogP contribution < -0.4 is 11.3 Å². The highest BCUT2D eigenvalue weighted by Crippen LogP contribution is 2.08. The number of rotatable bonds is 4. The minimum absolute atomic E-state index is 0.201. The van der Waals surface area contributed by atoms with E-state index in [4.69, 9.17) is 5.73 Å². The summed E-state index contributed by atoms with van der Waals surface area (Å²) in [5.74, 6) is -0.328. The second-order valence-corrected chi connectivity index (χ2v) is 4.70. The fourth-order valence-electron chi connectivity index (χ4n) is 2.23. The van der Waals surface area contributed by atoms with Gasteiger partial charge in [-0.2, -0.15) is 5.10 Å². The quantitative estimate of drug-likeness (QED) is 0.767. The molecule has 3 aromatic rings. The molecular weight excluding hydrogens is 273 g/mol. The number of nitrogens with two attached hydrogens (primary N) is 1. The maximum Gasteiger partial charge on any atom is 0.264 e. The Hall–Kier alpha value is -2.54. The number of aromatic nitrogens is 4. The van der Waals surface area contributed by atoms with E-state index in [1.54, 1.807) is 16.8 Å². The first-order chi connectivity index (χ1) is 10.2. The summed E-state index contributed by atoms with van der Waals surface area (Å²) in [7, 11) is 0. The molecule has 0 aliphatic carbocycles. The second-order valence-electron chi connectivity index (χ2n) is 4.70. The van der Waals surface area contributed by atoms with Crippen LogP contribution in [-0.2, 0) is 13.1 Å². The molecule has 1 aromatic carbocycles. The molecule has 0 aliphatic rings. The fourth-order valence-corrected chi connectivity index (χ4v) is 2.23. The van der Waals surface area contributed by atoms with Crippen molar-refractivity contribution in [2.45, 2.75) is 13.1 Å². The van der Waals surface area contributed by atoms with Crippen LogP contribution in [0.1, 0.15) is 5.56 Å². The zero-order valence-corrected chi connectivity index (χ0v) is 11.2. The molecular formula is C14H14FN5O. The number of nitrogens with zero attached hydrogens (tertiary/aromatic N) is 4. The topological polar surface area (TPSA) is 78.7 Å². The molecule has 0 saturated heterocycles. The third-order valence-corrected chi connectivity index (χ3v) is 3.21. The smallest absolute Gasteiger partial charge is 0.264 e. The van der Waals surface area contributed by atoms with Crippen LogP contribution in [0.3, 0.4) is 0 Å². The first kappa shape index (κ1) is 13.4. The number of hydrogen-bond acceptors (Lipinski definition) is 4. The van der Waals surface area contributed by atoms with E-state index in [1.165, 1.54) is 29.2 Å². The van der Waals surface area contributed by atoms with Crippen molar-refractivity contribution in [3.63, 3.8) is 0 Å². The summed E-state index contributed by atoms with van der Waals surface area (Å²) >= 11 is 0. The average Bonchev–Trinajstić information content (AvgIpc) is 2.87. The predicted octanol–water partition coefficient (Wildman–Crippen LogP) is 0.739. The van der Waals surface area contributed by atoms with Crippen molar-refractivity contribution in [2.75, 3.05) is 6.54 Å². The van der Waals surface area contributed by atoms with Crippen LogP contribution in [0.4, 0.5) is 4.39 Å². The molecule has 0 amide bonds. The van der Waals surface area contributed by atoms with Crippen molar-refractivity contribution < 1.29 is 4.39 Å². The van der Waals surface area contributed by atoms with E-state index in [2.05, 4.69) is 10.1 Å². The minimum atomic E-state index is -0.328. The first-order valence-corrected chi connectivity index (χ1v) is 6.54. The second kappa shape index (κ2) is 5.45. The van der Waals surface area contributed by atoms with E-state index >= 15 is 0 Å². The molecule has 0 bridgehead atoms. The Labute approximate surface area is 119 Å². The Morgan fingerprint density at radius 3 is 2.95 bits per heavy atom. The van der Waals surface area contributed by atoms with E-state index < -0.39 is 0 Å². The molecule has 0 spiro atoms. The number of fused-ring (bicyclic) bond motifs is 1. The Balaban J connectivity index is 2.01. The van der Waals surface area contributed by atoms with E-state index in [0.29, 0.717) is 29.7 Å². The van der Waals surface area contributed by atoms with Crippen LogP contribution in [0.2, 0.25) is 0 Å². The zero-order chi connectivity index (χ0) is 14.8. The summed E-state index contributed by atoms with van der Waals surface area (Å²) in [5.41, 5.74) is 6.50. The Morgan fingerprint density at radius 2 is 2.19 bits per heavy atom.